The van der Waals surface area contributed by atoms with Crippen molar-refractivity contribution in [1.82, 2.24) is 25.4 Å². The molecule has 8 heteroatoms. The molecule has 2 rings (SSSR count). The lowest BCUT2D eigenvalue weighted by molar-refractivity contribution is 0.195. The van der Waals surface area contributed by atoms with Crippen LogP contribution in [0.15, 0.2) is 17.1 Å². The topological polar surface area (TPSA) is 76.4 Å². The number of hydrogen-bond donors (Lipinski definition) is 2. The Morgan fingerprint density at radius 3 is 2.75 bits per heavy atom. The van der Waals surface area contributed by atoms with Crippen molar-refractivity contribution in [3.8, 4) is 0 Å². The molecule has 0 atom stereocenters. The second kappa shape index (κ2) is 9.39. The van der Waals surface area contributed by atoms with Gasteiger partial charge in [0.15, 0.2) is 11.8 Å². The Labute approximate surface area is 147 Å². The maximum atomic E-state index is 5.08. The molecule has 24 heavy (non-hydrogen) atoms. The molecule has 0 spiro atoms. The average Bonchev–Trinajstić information content (AvgIpc) is 3.13. The molecule has 0 fully saturated rings. The summed E-state index contributed by atoms with van der Waals surface area (Å²) in [5, 5.41) is 14.9. The number of aliphatic imine (C=N–C) groups is 1. The molecule has 0 unspecified atom stereocenters. The Bertz CT molecular complexity index is 663. The number of thiophene rings is 1. The third-order valence-electron chi connectivity index (χ3n) is 3.61. The van der Waals surface area contributed by atoms with Crippen LogP contribution in [0.1, 0.15) is 27.8 Å². The Morgan fingerprint density at radius 1 is 1.29 bits per heavy atom. The van der Waals surface area contributed by atoms with E-state index in [4.69, 9.17) is 4.74 Å². The van der Waals surface area contributed by atoms with E-state index in [1.54, 1.807) is 18.4 Å². The number of methoxy groups -OCH3 is 1. The Balaban J connectivity index is 1.95. The molecule has 0 amide bonds. The molecule has 2 aromatic heterocycles. The van der Waals surface area contributed by atoms with Gasteiger partial charge in [-0.1, -0.05) is 0 Å². The maximum Gasteiger partial charge on any atom is 0.192 e. The quantitative estimate of drug-likeness (QED) is 0.431. The molecule has 0 saturated heterocycles. The SMILES string of the molecule is COCCCNC(=NCc1nnc(C)n1C)NCc1ccc(C)s1. The fourth-order valence-corrected chi connectivity index (χ4v) is 2.92. The summed E-state index contributed by atoms with van der Waals surface area (Å²) in [6, 6.07) is 4.27. The molecule has 2 heterocycles. The van der Waals surface area contributed by atoms with Crippen LogP contribution in [0, 0.1) is 13.8 Å². The van der Waals surface area contributed by atoms with Gasteiger partial charge in [0.25, 0.3) is 0 Å². The van der Waals surface area contributed by atoms with Crippen LogP contribution in [0.5, 0.6) is 0 Å². The number of guanidine groups is 1. The van der Waals surface area contributed by atoms with E-state index in [0.29, 0.717) is 6.54 Å². The number of nitrogens with one attached hydrogen (secondary N) is 2. The van der Waals surface area contributed by atoms with Crippen molar-refractivity contribution in [1.29, 1.82) is 0 Å². The number of aromatic nitrogens is 3. The number of aryl methyl sites for hydroxylation is 2. The molecule has 0 aliphatic rings. The van der Waals surface area contributed by atoms with Crippen LogP contribution in [0.2, 0.25) is 0 Å². The Morgan fingerprint density at radius 2 is 2.12 bits per heavy atom. The zero-order chi connectivity index (χ0) is 17.4. The highest BCUT2D eigenvalue weighted by atomic mass is 32.1. The third kappa shape index (κ3) is 5.61. The van der Waals surface area contributed by atoms with Gasteiger partial charge in [0.1, 0.15) is 12.4 Å². The van der Waals surface area contributed by atoms with Gasteiger partial charge in [-0.3, -0.25) is 0 Å². The molecular formula is C16H26N6OS. The van der Waals surface area contributed by atoms with Gasteiger partial charge < -0.3 is 19.9 Å². The van der Waals surface area contributed by atoms with Crippen LogP contribution < -0.4 is 10.6 Å². The van der Waals surface area contributed by atoms with Crippen LogP contribution in [-0.4, -0.2) is 41.0 Å². The van der Waals surface area contributed by atoms with E-state index >= 15 is 0 Å². The van der Waals surface area contributed by atoms with Crippen molar-refractivity contribution < 1.29 is 4.74 Å². The molecule has 0 aliphatic carbocycles. The van der Waals surface area contributed by atoms with E-state index in [9.17, 15) is 0 Å². The summed E-state index contributed by atoms with van der Waals surface area (Å²) in [5.41, 5.74) is 0. The van der Waals surface area contributed by atoms with E-state index in [1.807, 2.05) is 18.5 Å². The summed E-state index contributed by atoms with van der Waals surface area (Å²) in [6.45, 7) is 6.82. The van der Waals surface area contributed by atoms with E-state index in [2.05, 4.69) is 44.9 Å². The lowest BCUT2D eigenvalue weighted by Crippen LogP contribution is -2.37. The first-order valence-electron chi connectivity index (χ1n) is 8.01. The fourth-order valence-electron chi connectivity index (χ4n) is 2.09. The second-order valence-corrected chi connectivity index (χ2v) is 6.90. The van der Waals surface area contributed by atoms with Crippen LogP contribution in [0.3, 0.4) is 0 Å². The molecule has 2 aromatic rings. The lowest BCUT2D eigenvalue weighted by atomic mass is 10.4. The van der Waals surface area contributed by atoms with Crippen molar-refractivity contribution in [2.24, 2.45) is 12.0 Å². The van der Waals surface area contributed by atoms with E-state index in [0.717, 1.165) is 43.7 Å². The first-order valence-corrected chi connectivity index (χ1v) is 8.83. The fraction of sp³-hybridized carbons (Fsp3) is 0.562. The van der Waals surface area contributed by atoms with E-state index in [-0.39, 0.29) is 0 Å². The molecule has 0 aromatic carbocycles. The Kier molecular flexibility index (Phi) is 7.20. The standard InChI is InChI=1S/C16H26N6OS/c1-12-6-7-14(24-12)10-18-16(17-8-5-9-23-4)19-11-15-21-20-13(2)22(15)3/h6-7H,5,8-11H2,1-4H3,(H2,17,18,19). The van der Waals surface area contributed by atoms with Gasteiger partial charge >= 0.3 is 0 Å². The lowest BCUT2D eigenvalue weighted by Gasteiger charge is -2.12. The smallest absolute Gasteiger partial charge is 0.192 e. The van der Waals surface area contributed by atoms with E-state index < -0.39 is 0 Å². The van der Waals surface area contributed by atoms with Gasteiger partial charge in [-0.25, -0.2) is 4.99 Å². The monoisotopic (exact) mass is 350 g/mol. The zero-order valence-corrected chi connectivity index (χ0v) is 15.6. The molecule has 0 saturated carbocycles. The van der Waals surface area contributed by atoms with E-state index in [1.165, 1.54) is 9.75 Å². The summed E-state index contributed by atoms with van der Waals surface area (Å²) < 4.78 is 7.04. The van der Waals surface area contributed by atoms with Crippen molar-refractivity contribution in [2.75, 3.05) is 20.3 Å². The first-order chi connectivity index (χ1) is 11.6. The normalized spacial score (nSPS) is 11.8. The summed E-state index contributed by atoms with van der Waals surface area (Å²) in [7, 11) is 3.66. The highest BCUT2D eigenvalue weighted by Crippen LogP contribution is 2.14. The van der Waals surface area contributed by atoms with Crippen molar-refractivity contribution in [3.05, 3.63) is 33.5 Å². The molecular weight excluding hydrogens is 324 g/mol. The minimum Gasteiger partial charge on any atom is -0.385 e. The summed E-state index contributed by atoms with van der Waals surface area (Å²) in [5.74, 6) is 2.51. The summed E-state index contributed by atoms with van der Waals surface area (Å²) in [4.78, 5) is 7.22. The minimum atomic E-state index is 0.487. The zero-order valence-electron chi connectivity index (χ0n) is 14.8. The minimum absolute atomic E-state index is 0.487. The van der Waals surface area contributed by atoms with Crippen molar-refractivity contribution in [2.45, 2.75) is 33.4 Å². The maximum absolute atomic E-state index is 5.08. The van der Waals surface area contributed by atoms with Gasteiger partial charge in [0.2, 0.25) is 0 Å². The molecule has 0 bridgehead atoms. The number of nitrogens with zero attached hydrogens (tertiary/aromatic N) is 4. The van der Waals surface area contributed by atoms with Crippen LogP contribution in [0.4, 0.5) is 0 Å². The molecule has 2 N–H and O–H groups in total. The van der Waals surface area contributed by atoms with Gasteiger partial charge in [-0.2, -0.15) is 0 Å². The molecule has 0 aliphatic heterocycles. The van der Waals surface area contributed by atoms with Crippen molar-refractivity contribution >= 4 is 17.3 Å². The van der Waals surface area contributed by atoms with Gasteiger partial charge in [-0.15, -0.1) is 21.5 Å². The first kappa shape index (κ1) is 18.4. The van der Waals surface area contributed by atoms with Crippen LogP contribution in [-0.2, 0) is 24.9 Å². The number of ether oxygens (including phenoxy) is 1. The average molecular weight is 350 g/mol. The second-order valence-electron chi connectivity index (χ2n) is 5.53. The third-order valence-corrected chi connectivity index (χ3v) is 4.61. The Hall–Kier alpha value is -1.93. The van der Waals surface area contributed by atoms with Gasteiger partial charge in [0, 0.05) is 37.1 Å². The van der Waals surface area contributed by atoms with Gasteiger partial charge in [0.05, 0.1) is 6.54 Å². The molecule has 7 nitrogen and oxygen atoms in total. The largest absolute Gasteiger partial charge is 0.385 e. The van der Waals surface area contributed by atoms with Crippen LogP contribution in [0.25, 0.3) is 0 Å². The number of rotatable bonds is 8. The summed E-state index contributed by atoms with van der Waals surface area (Å²) >= 11 is 1.79. The highest BCUT2D eigenvalue weighted by molar-refractivity contribution is 7.11. The highest BCUT2D eigenvalue weighted by Gasteiger charge is 2.05. The predicted molar refractivity (Wildman–Crippen MR) is 97.3 cm³/mol. The van der Waals surface area contributed by atoms with Crippen molar-refractivity contribution in [3.63, 3.8) is 0 Å². The predicted octanol–water partition coefficient (Wildman–Crippen LogP) is 1.77. The molecule has 0 radical (unpaired) electrons. The number of hydrogen-bond acceptors (Lipinski definition) is 5. The van der Waals surface area contributed by atoms with Crippen LogP contribution >= 0.6 is 11.3 Å². The summed E-state index contributed by atoms with van der Waals surface area (Å²) in [6.07, 6.45) is 0.929. The van der Waals surface area contributed by atoms with Gasteiger partial charge in [-0.05, 0) is 32.4 Å². The molecule has 132 valence electrons.